The molecule has 2 fully saturated rings. The van der Waals surface area contributed by atoms with Crippen LogP contribution in [0.25, 0.3) is 16.6 Å². The molecule has 0 aromatic carbocycles. The van der Waals surface area contributed by atoms with E-state index in [9.17, 15) is 9.65 Å². The third-order valence-corrected chi connectivity index (χ3v) is 8.70. The molecular weight excluding hydrogens is 461 g/mol. The summed E-state index contributed by atoms with van der Waals surface area (Å²) >= 11 is 1.21. The molecule has 0 unspecified atom stereocenters. The summed E-state index contributed by atoms with van der Waals surface area (Å²) in [5.41, 5.74) is 4.64. The summed E-state index contributed by atoms with van der Waals surface area (Å²) in [5, 5.41) is 22.6. The van der Waals surface area contributed by atoms with Gasteiger partial charge in [-0.2, -0.15) is 15.5 Å². The van der Waals surface area contributed by atoms with Gasteiger partial charge in [-0.05, 0) is 69.2 Å². The Labute approximate surface area is 207 Å². The minimum absolute atomic E-state index is 0.265. The Hall–Kier alpha value is -3.22. The molecule has 6 rings (SSSR count). The molecule has 9 heteroatoms. The number of aromatic nitrogens is 5. The van der Waals surface area contributed by atoms with Crippen molar-refractivity contribution >= 4 is 17.3 Å². The zero-order valence-corrected chi connectivity index (χ0v) is 20.4. The highest BCUT2D eigenvalue weighted by atomic mass is 32.2. The van der Waals surface area contributed by atoms with Crippen LogP contribution in [0.1, 0.15) is 49.4 Å². The largest absolute Gasteiger partial charge is 0.316 e. The van der Waals surface area contributed by atoms with Crippen LogP contribution >= 0.6 is 11.8 Å². The van der Waals surface area contributed by atoms with Crippen molar-refractivity contribution in [2.75, 3.05) is 13.1 Å². The Morgan fingerprint density at radius 2 is 2.09 bits per heavy atom. The van der Waals surface area contributed by atoms with E-state index in [1.807, 2.05) is 18.5 Å². The van der Waals surface area contributed by atoms with Gasteiger partial charge in [0.2, 0.25) is 0 Å². The first-order chi connectivity index (χ1) is 17.1. The number of nitrogens with zero attached hydrogens (tertiary/aromatic N) is 6. The van der Waals surface area contributed by atoms with Gasteiger partial charge in [0.1, 0.15) is 11.1 Å². The fraction of sp³-hybridized carbons (Fsp3) is 0.385. The molecular formula is C26H26FN7S. The smallest absolute Gasteiger partial charge is 0.155 e. The Balaban J connectivity index is 1.36. The number of hydrogen-bond donors (Lipinski definition) is 1. The highest BCUT2D eigenvalue weighted by molar-refractivity contribution is 7.99. The van der Waals surface area contributed by atoms with E-state index in [-0.39, 0.29) is 5.03 Å². The molecule has 0 amide bonds. The standard InChI is InChI=1S/C26H26FN7S/c1-17-21(14-32-34(17)20-4-6-26(7-5-20)8-10-29-16-26)18-11-23(35-25-22(27)3-2-9-30-25)24-19(12-28)13-31-33(24)15-18/h2-3,9,11,13-15,20,29H,4-8,10,16H2,1H3/t20-,26+. The average molecular weight is 488 g/mol. The second kappa shape index (κ2) is 8.77. The Kier molecular flexibility index (Phi) is 5.58. The van der Waals surface area contributed by atoms with Gasteiger partial charge in [0.15, 0.2) is 5.82 Å². The first-order valence-corrected chi connectivity index (χ1v) is 12.8. The maximum absolute atomic E-state index is 14.4. The van der Waals surface area contributed by atoms with Gasteiger partial charge in [-0.1, -0.05) is 11.8 Å². The van der Waals surface area contributed by atoms with E-state index in [1.165, 1.54) is 37.1 Å². The molecule has 2 aliphatic rings. The third kappa shape index (κ3) is 3.91. The Morgan fingerprint density at radius 3 is 2.83 bits per heavy atom. The van der Waals surface area contributed by atoms with E-state index in [0.29, 0.717) is 22.5 Å². The number of nitriles is 1. The van der Waals surface area contributed by atoms with E-state index in [0.717, 1.165) is 47.6 Å². The van der Waals surface area contributed by atoms with E-state index >= 15 is 0 Å². The first-order valence-electron chi connectivity index (χ1n) is 12.0. The SMILES string of the molecule is Cc1c(-c2cc(Sc3ncccc3F)c3c(C#N)cnn3c2)cnn1[C@H]1CC[C@]2(CCNC2)CC1. The lowest BCUT2D eigenvalue weighted by molar-refractivity contribution is 0.165. The topological polar surface area (TPSA) is 83.8 Å². The lowest BCUT2D eigenvalue weighted by Crippen LogP contribution is -2.31. The third-order valence-electron chi connectivity index (χ3n) is 7.68. The second-order valence-electron chi connectivity index (χ2n) is 9.69. The minimum atomic E-state index is -0.393. The van der Waals surface area contributed by atoms with Crippen LogP contribution in [-0.2, 0) is 0 Å². The minimum Gasteiger partial charge on any atom is -0.316 e. The maximum atomic E-state index is 14.4. The summed E-state index contributed by atoms with van der Waals surface area (Å²) in [6, 6.07) is 7.56. The summed E-state index contributed by atoms with van der Waals surface area (Å²) in [5.74, 6) is -0.393. The molecule has 1 spiro atoms. The van der Waals surface area contributed by atoms with Crippen molar-refractivity contribution in [2.24, 2.45) is 5.41 Å². The molecule has 0 radical (unpaired) electrons. The van der Waals surface area contributed by atoms with Crippen molar-refractivity contribution in [3.05, 3.63) is 60.1 Å². The summed E-state index contributed by atoms with van der Waals surface area (Å²) in [6.45, 7) is 4.40. The zero-order chi connectivity index (χ0) is 24.0. The summed E-state index contributed by atoms with van der Waals surface area (Å²) < 4.78 is 18.3. The predicted molar refractivity (Wildman–Crippen MR) is 132 cm³/mol. The normalized spacial score (nSPS) is 22.1. The molecule has 0 bridgehead atoms. The number of rotatable bonds is 4. The van der Waals surface area contributed by atoms with Crippen molar-refractivity contribution < 1.29 is 4.39 Å². The van der Waals surface area contributed by atoms with Crippen LogP contribution in [0.15, 0.2) is 52.9 Å². The average Bonchev–Trinajstić information content (AvgIpc) is 3.60. The number of fused-ring (bicyclic) bond motifs is 1. The van der Waals surface area contributed by atoms with Crippen molar-refractivity contribution in [3.63, 3.8) is 0 Å². The first kappa shape index (κ1) is 22.3. The van der Waals surface area contributed by atoms with Gasteiger partial charge in [-0.3, -0.25) is 4.68 Å². The van der Waals surface area contributed by atoms with Crippen LogP contribution in [0, 0.1) is 29.5 Å². The van der Waals surface area contributed by atoms with Crippen LogP contribution < -0.4 is 5.32 Å². The van der Waals surface area contributed by atoms with E-state index in [1.54, 1.807) is 23.0 Å². The molecule has 1 aliphatic heterocycles. The monoisotopic (exact) mass is 487 g/mol. The van der Waals surface area contributed by atoms with Gasteiger partial charge in [0, 0.05) is 40.7 Å². The molecule has 1 N–H and O–H groups in total. The number of halogens is 1. The molecule has 1 saturated carbocycles. The molecule has 1 saturated heterocycles. The van der Waals surface area contributed by atoms with E-state index < -0.39 is 5.82 Å². The van der Waals surface area contributed by atoms with Crippen LogP contribution in [-0.4, -0.2) is 37.5 Å². The molecule has 5 heterocycles. The van der Waals surface area contributed by atoms with Crippen LogP contribution in [0.4, 0.5) is 4.39 Å². The van der Waals surface area contributed by atoms with Gasteiger partial charge in [0.05, 0.1) is 29.5 Å². The molecule has 4 aromatic heterocycles. The van der Waals surface area contributed by atoms with Crippen molar-refractivity contribution in [1.82, 2.24) is 29.7 Å². The highest BCUT2D eigenvalue weighted by Gasteiger charge is 2.38. The van der Waals surface area contributed by atoms with Crippen molar-refractivity contribution in [3.8, 4) is 17.2 Å². The fourth-order valence-electron chi connectivity index (χ4n) is 5.70. The van der Waals surface area contributed by atoms with Crippen molar-refractivity contribution in [1.29, 1.82) is 5.26 Å². The lowest BCUT2D eigenvalue weighted by Gasteiger charge is -2.37. The molecule has 4 aromatic rings. The molecule has 7 nitrogen and oxygen atoms in total. The number of hydrogen-bond acceptors (Lipinski definition) is 6. The quantitative estimate of drug-likeness (QED) is 0.428. The summed E-state index contributed by atoms with van der Waals surface area (Å²) in [6.07, 6.45) is 13.0. The van der Waals surface area contributed by atoms with Crippen LogP contribution in [0.5, 0.6) is 0 Å². The van der Waals surface area contributed by atoms with Crippen molar-refractivity contribution in [2.45, 2.75) is 55.0 Å². The molecule has 0 atom stereocenters. The van der Waals surface area contributed by atoms with E-state index in [4.69, 9.17) is 5.10 Å². The zero-order valence-electron chi connectivity index (χ0n) is 19.5. The van der Waals surface area contributed by atoms with Crippen LogP contribution in [0.2, 0.25) is 0 Å². The molecule has 1 aliphatic carbocycles. The van der Waals surface area contributed by atoms with E-state index in [2.05, 4.69) is 33.1 Å². The fourth-order valence-corrected chi connectivity index (χ4v) is 6.67. The molecule has 35 heavy (non-hydrogen) atoms. The molecule has 178 valence electrons. The summed E-state index contributed by atoms with van der Waals surface area (Å²) in [7, 11) is 0. The van der Waals surface area contributed by atoms with Gasteiger partial charge in [-0.25, -0.2) is 13.9 Å². The number of nitrogens with one attached hydrogen (secondary N) is 1. The van der Waals surface area contributed by atoms with Crippen LogP contribution in [0.3, 0.4) is 0 Å². The second-order valence-corrected chi connectivity index (χ2v) is 10.7. The highest BCUT2D eigenvalue weighted by Crippen LogP contribution is 2.45. The van der Waals surface area contributed by atoms with Gasteiger partial charge < -0.3 is 5.32 Å². The maximum Gasteiger partial charge on any atom is 0.155 e. The Morgan fingerprint density at radius 1 is 1.23 bits per heavy atom. The summed E-state index contributed by atoms with van der Waals surface area (Å²) in [4.78, 5) is 4.92. The van der Waals surface area contributed by atoms with Gasteiger partial charge >= 0.3 is 0 Å². The Bertz CT molecular complexity index is 1430. The predicted octanol–water partition coefficient (Wildman–Crippen LogP) is 5.16. The van der Waals surface area contributed by atoms with Gasteiger partial charge in [-0.15, -0.1) is 0 Å². The lowest BCUT2D eigenvalue weighted by atomic mass is 9.72. The number of pyridine rings is 2. The van der Waals surface area contributed by atoms with Gasteiger partial charge in [0.25, 0.3) is 0 Å².